The van der Waals surface area contributed by atoms with Gasteiger partial charge in [0.25, 0.3) is 0 Å². The van der Waals surface area contributed by atoms with Crippen LogP contribution in [0.15, 0.2) is 24.8 Å². The summed E-state index contributed by atoms with van der Waals surface area (Å²) in [5.41, 5.74) is 0. The van der Waals surface area contributed by atoms with Crippen LogP contribution in [0.5, 0.6) is 0 Å². The van der Waals surface area contributed by atoms with Crippen molar-refractivity contribution in [3.63, 3.8) is 0 Å². The number of aromatic nitrogens is 2. The molecule has 1 aromatic rings. The number of nitrogens with zero attached hydrogens (tertiary/aromatic N) is 2. The average molecular weight is 167 g/mol. The first-order valence-corrected chi connectivity index (χ1v) is 3.77. The van der Waals surface area contributed by atoms with Crippen LogP contribution in [0.25, 0.3) is 0 Å². The lowest BCUT2D eigenvalue weighted by atomic mass is 10.6. The minimum Gasteiger partial charge on any atom is -0.461 e. The fourth-order valence-electron chi connectivity index (χ4n) is 0.809. The van der Waals surface area contributed by atoms with Crippen LogP contribution < -0.4 is 4.57 Å². The van der Waals surface area contributed by atoms with Crippen LogP contribution in [0.1, 0.15) is 6.92 Å². The monoisotopic (exact) mass is 167 g/mol. The highest BCUT2D eigenvalue weighted by molar-refractivity contribution is 5.67. The van der Waals surface area contributed by atoms with E-state index < -0.39 is 0 Å². The van der Waals surface area contributed by atoms with Gasteiger partial charge in [0.1, 0.15) is 0 Å². The molecule has 0 N–H and O–H groups in total. The molecule has 0 amide bonds. The summed E-state index contributed by atoms with van der Waals surface area (Å²) in [6.45, 7) is 2.45. The normalized spacial score (nSPS) is 9.42. The van der Waals surface area contributed by atoms with Gasteiger partial charge in [0.05, 0.1) is 19.0 Å². The summed E-state index contributed by atoms with van der Waals surface area (Å²) >= 11 is 0. The lowest BCUT2D eigenvalue weighted by molar-refractivity contribution is -0.686. The third kappa shape index (κ3) is 2.65. The predicted molar refractivity (Wildman–Crippen MR) is 41.1 cm³/mol. The fourth-order valence-corrected chi connectivity index (χ4v) is 0.809. The summed E-state index contributed by atoms with van der Waals surface area (Å²) in [6, 6.07) is 0. The molecule has 0 bridgehead atoms. The Morgan fingerprint density at radius 1 is 1.50 bits per heavy atom. The zero-order valence-corrected chi connectivity index (χ0v) is 6.93. The van der Waals surface area contributed by atoms with Gasteiger partial charge < -0.3 is 4.74 Å². The zero-order valence-electron chi connectivity index (χ0n) is 6.93. The maximum atomic E-state index is 10.9. The molecule has 0 saturated carbocycles. The van der Waals surface area contributed by atoms with Crippen LogP contribution in [0.3, 0.4) is 0 Å². The van der Waals surface area contributed by atoms with Crippen LogP contribution in [0.2, 0.25) is 0 Å². The summed E-state index contributed by atoms with van der Waals surface area (Å²) in [4.78, 5) is 14.8. The quantitative estimate of drug-likeness (QED) is 0.467. The number of esters is 1. The number of carbonyl (C=O) groups excluding carboxylic acids is 1. The first-order chi connectivity index (χ1) is 5.83. The molecule has 0 unspecified atom stereocenters. The molecule has 64 valence electrons. The Bertz CT molecular complexity index is 248. The van der Waals surface area contributed by atoms with E-state index in [1.54, 1.807) is 36.3 Å². The number of ether oxygens (including phenoxy) is 1. The summed E-state index contributed by atoms with van der Waals surface area (Å²) < 4.78 is 6.48. The number of hydrogen-bond acceptors (Lipinski definition) is 3. The van der Waals surface area contributed by atoms with Gasteiger partial charge >= 0.3 is 5.97 Å². The minimum atomic E-state index is -0.228. The van der Waals surface area contributed by atoms with Gasteiger partial charge in [-0.1, -0.05) is 0 Å². The van der Waals surface area contributed by atoms with E-state index >= 15 is 0 Å². The van der Waals surface area contributed by atoms with Crippen molar-refractivity contribution in [3.8, 4) is 0 Å². The Hall–Kier alpha value is -1.45. The molecule has 1 heterocycles. The van der Waals surface area contributed by atoms with Crippen LogP contribution in [-0.4, -0.2) is 17.6 Å². The predicted octanol–water partition coefficient (Wildman–Crippen LogP) is -0.0678. The minimum absolute atomic E-state index is 0.228. The molecule has 0 aliphatic carbocycles. The van der Waals surface area contributed by atoms with Gasteiger partial charge in [-0.15, -0.1) is 0 Å². The van der Waals surface area contributed by atoms with Crippen molar-refractivity contribution in [2.75, 3.05) is 6.61 Å². The molecule has 0 spiro atoms. The molecule has 0 fully saturated rings. The largest absolute Gasteiger partial charge is 0.461 e. The van der Waals surface area contributed by atoms with Crippen LogP contribution >= 0.6 is 0 Å². The molecule has 1 aromatic heterocycles. The van der Waals surface area contributed by atoms with E-state index in [1.807, 2.05) is 0 Å². The van der Waals surface area contributed by atoms with Gasteiger partial charge in [0.2, 0.25) is 6.54 Å². The van der Waals surface area contributed by atoms with Gasteiger partial charge in [-0.2, -0.15) is 4.57 Å². The number of hydrogen-bond donors (Lipinski definition) is 0. The van der Waals surface area contributed by atoms with Gasteiger partial charge in [-0.25, -0.2) is 4.79 Å². The van der Waals surface area contributed by atoms with Gasteiger partial charge in [-0.3, -0.25) is 4.98 Å². The second kappa shape index (κ2) is 4.43. The fraction of sp³-hybridized carbons (Fsp3) is 0.375. The molecule has 0 radical (unpaired) electrons. The number of rotatable bonds is 3. The van der Waals surface area contributed by atoms with Crippen LogP contribution in [-0.2, 0) is 16.1 Å². The Morgan fingerprint density at radius 3 is 2.75 bits per heavy atom. The molecule has 4 heteroatoms. The SMILES string of the molecule is CCOC(=O)C[n+]1ccncc1. The van der Waals surface area contributed by atoms with Crippen molar-refractivity contribution in [3.05, 3.63) is 24.8 Å². The summed E-state index contributed by atoms with van der Waals surface area (Å²) in [6.07, 6.45) is 6.69. The number of carbonyl (C=O) groups is 1. The highest BCUT2D eigenvalue weighted by Crippen LogP contribution is 1.78. The van der Waals surface area contributed by atoms with Gasteiger partial charge in [0, 0.05) is 0 Å². The third-order valence-corrected chi connectivity index (χ3v) is 1.31. The third-order valence-electron chi connectivity index (χ3n) is 1.31. The molecule has 4 nitrogen and oxygen atoms in total. The molecule has 0 atom stereocenters. The summed E-state index contributed by atoms with van der Waals surface area (Å²) in [5, 5.41) is 0. The lowest BCUT2D eigenvalue weighted by Crippen LogP contribution is -2.37. The van der Waals surface area contributed by atoms with Crippen LogP contribution in [0.4, 0.5) is 0 Å². The molecule has 0 aromatic carbocycles. The van der Waals surface area contributed by atoms with E-state index in [9.17, 15) is 4.79 Å². The molecular weight excluding hydrogens is 156 g/mol. The topological polar surface area (TPSA) is 43.1 Å². The maximum absolute atomic E-state index is 10.9. The van der Waals surface area contributed by atoms with E-state index in [0.717, 1.165) is 0 Å². The van der Waals surface area contributed by atoms with E-state index in [1.165, 1.54) is 0 Å². The highest BCUT2D eigenvalue weighted by Gasteiger charge is 2.07. The molecular formula is C8H11N2O2+. The highest BCUT2D eigenvalue weighted by atomic mass is 16.5. The van der Waals surface area contributed by atoms with E-state index in [2.05, 4.69) is 4.98 Å². The van der Waals surface area contributed by atoms with Crippen molar-refractivity contribution < 1.29 is 14.1 Å². The Morgan fingerprint density at radius 2 is 2.17 bits per heavy atom. The Balaban J connectivity index is 2.47. The second-order valence-corrected chi connectivity index (χ2v) is 2.22. The maximum Gasteiger partial charge on any atom is 0.372 e. The molecule has 1 rings (SSSR count). The molecule has 0 saturated heterocycles. The molecule has 0 aliphatic rings. The molecule has 0 aliphatic heterocycles. The first-order valence-electron chi connectivity index (χ1n) is 3.77. The van der Waals surface area contributed by atoms with Crippen molar-refractivity contribution in [2.24, 2.45) is 0 Å². The van der Waals surface area contributed by atoms with Crippen LogP contribution in [0, 0.1) is 0 Å². The Labute approximate surface area is 70.8 Å². The van der Waals surface area contributed by atoms with Crippen molar-refractivity contribution >= 4 is 5.97 Å². The lowest BCUT2D eigenvalue weighted by Gasteiger charge is -1.96. The summed E-state index contributed by atoms with van der Waals surface area (Å²) in [5.74, 6) is -0.228. The van der Waals surface area contributed by atoms with E-state index in [-0.39, 0.29) is 12.5 Å². The first kappa shape index (κ1) is 8.64. The standard InChI is InChI=1S/C8H11N2O2/c1-2-12-8(11)7-10-5-3-9-4-6-10/h3-6H,2,7H2,1H3/q+1. The van der Waals surface area contributed by atoms with Crippen molar-refractivity contribution in [2.45, 2.75) is 13.5 Å². The Kier molecular flexibility index (Phi) is 3.19. The summed E-state index contributed by atoms with van der Waals surface area (Å²) in [7, 11) is 0. The second-order valence-electron chi connectivity index (χ2n) is 2.22. The smallest absolute Gasteiger partial charge is 0.372 e. The van der Waals surface area contributed by atoms with Crippen molar-refractivity contribution in [1.82, 2.24) is 4.98 Å². The van der Waals surface area contributed by atoms with Gasteiger partial charge in [0.15, 0.2) is 12.4 Å². The molecule has 12 heavy (non-hydrogen) atoms. The van der Waals surface area contributed by atoms with Crippen molar-refractivity contribution in [1.29, 1.82) is 0 Å². The zero-order chi connectivity index (χ0) is 8.81. The van der Waals surface area contributed by atoms with E-state index in [0.29, 0.717) is 6.61 Å². The van der Waals surface area contributed by atoms with E-state index in [4.69, 9.17) is 4.74 Å². The average Bonchev–Trinajstić information content (AvgIpc) is 2.06. The van der Waals surface area contributed by atoms with Gasteiger partial charge in [-0.05, 0) is 6.92 Å².